The molecule has 0 amide bonds. The van der Waals surface area contributed by atoms with Crippen LogP contribution >= 0.6 is 0 Å². The van der Waals surface area contributed by atoms with E-state index in [4.69, 9.17) is 0 Å². The molecular formula is C17H17NO2. The van der Waals surface area contributed by atoms with Gasteiger partial charge in [-0.05, 0) is 23.3 Å². The maximum Gasteiger partial charge on any atom is 0.212 e. The lowest BCUT2D eigenvalue weighted by molar-refractivity contribution is 0.0824. The smallest absolute Gasteiger partial charge is 0.212 e. The van der Waals surface area contributed by atoms with Crippen LogP contribution in [0, 0.1) is 0 Å². The fraction of sp³-hybridized carbons (Fsp3) is 0.118. The van der Waals surface area contributed by atoms with Crippen LogP contribution in [0.3, 0.4) is 0 Å². The monoisotopic (exact) mass is 267 g/mol. The lowest BCUT2D eigenvalue weighted by atomic mass is 9.96. The summed E-state index contributed by atoms with van der Waals surface area (Å²) < 4.78 is 1.70. The number of carbonyl (C=O) groups excluding carboxylic acids is 1. The van der Waals surface area contributed by atoms with E-state index < -0.39 is 6.10 Å². The lowest BCUT2D eigenvalue weighted by Crippen LogP contribution is -2.24. The van der Waals surface area contributed by atoms with E-state index in [1.54, 1.807) is 42.1 Å². The van der Waals surface area contributed by atoms with Crippen molar-refractivity contribution in [2.75, 3.05) is 0 Å². The number of aryl methyl sites for hydroxylation is 1. The third kappa shape index (κ3) is 2.78. The highest BCUT2D eigenvalue weighted by Crippen LogP contribution is 2.21. The lowest BCUT2D eigenvalue weighted by Gasteiger charge is -2.14. The zero-order valence-electron chi connectivity index (χ0n) is 11.4. The normalized spacial score (nSPS) is 13.0. The zero-order valence-corrected chi connectivity index (χ0v) is 11.4. The van der Waals surface area contributed by atoms with Crippen LogP contribution in [0.4, 0.5) is 0 Å². The first kappa shape index (κ1) is 14.0. The molecule has 0 radical (unpaired) electrons. The van der Waals surface area contributed by atoms with E-state index >= 15 is 0 Å². The van der Waals surface area contributed by atoms with Gasteiger partial charge in [0.2, 0.25) is 5.78 Å². The van der Waals surface area contributed by atoms with Gasteiger partial charge in [-0.25, -0.2) is 0 Å². The average Bonchev–Trinajstić information content (AvgIpc) is 2.90. The molecule has 1 heterocycles. The van der Waals surface area contributed by atoms with Crippen LogP contribution in [-0.2, 0) is 7.05 Å². The van der Waals surface area contributed by atoms with E-state index in [2.05, 4.69) is 6.58 Å². The molecule has 0 aliphatic carbocycles. The molecule has 0 spiro atoms. The summed E-state index contributed by atoms with van der Waals surface area (Å²) in [6, 6.07) is 12.8. The van der Waals surface area contributed by atoms with Crippen LogP contribution in [-0.4, -0.2) is 21.6 Å². The van der Waals surface area contributed by atoms with Gasteiger partial charge in [0.25, 0.3) is 0 Å². The van der Waals surface area contributed by atoms with Gasteiger partial charge in [0.05, 0.1) is 5.69 Å². The number of rotatable bonds is 5. The molecule has 3 nitrogen and oxygen atoms in total. The summed E-state index contributed by atoms with van der Waals surface area (Å²) in [5, 5.41) is 10.4. The Balaban J connectivity index is 2.36. The van der Waals surface area contributed by atoms with Crippen molar-refractivity contribution in [2.24, 2.45) is 7.05 Å². The predicted octanol–water partition coefficient (Wildman–Crippen LogP) is 2.84. The minimum atomic E-state index is -1.20. The van der Waals surface area contributed by atoms with Crippen molar-refractivity contribution in [3.8, 4) is 0 Å². The Morgan fingerprint density at radius 1 is 1.25 bits per heavy atom. The molecular weight excluding hydrogens is 250 g/mol. The summed E-state index contributed by atoms with van der Waals surface area (Å²) in [7, 11) is 1.78. The van der Waals surface area contributed by atoms with E-state index in [0.717, 1.165) is 5.56 Å². The summed E-state index contributed by atoms with van der Waals surface area (Å²) in [6.45, 7) is 3.64. The largest absolute Gasteiger partial charge is 0.380 e. The number of aliphatic hydroxyl groups excluding tert-OH is 1. The number of allylic oxidation sites excluding steroid dienone is 2. The van der Waals surface area contributed by atoms with E-state index in [9.17, 15) is 9.90 Å². The molecule has 2 rings (SSSR count). The van der Waals surface area contributed by atoms with Crippen molar-refractivity contribution in [1.82, 2.24) is 4.57 Å². The van der Waals surface area contributed by atoms with Crippen LogP contribution in [0.25, 0.3) is 5.57 Å². The summed E-state index contributed by atoms with van der Waals surface area (Å²) in [6.07, 6.45) is 3.81. The molecule has 102 valence electrons. The number of carbonyl (C=O) groups is 1. The second-order valence-electron chi connectivity index (χ2n) is 4.49. The van der Waals surface area contributed by atoms with Crippen LogP contribution < -0.4 is 0 Å². The summed E-state index contributed by atoms with van der Waals surface area (Å²) in [4.78, 5) is 12.4. The first-order chi connectivity index (χ1) is 9.65. The van der Waals surface area contributed by atoms with Gasteiger partial charge in [0.15, 0.2) is 0 Å². The van der Waals surface area contributed by atoms with Crippen LogP contribution in [0.1, 0.15) is 16.1 Å². The van der Waals surface area contributed by atoms with Gasteiger partial charge in [0.1, 0.15) is 6.10 Å². The van der Waals surface area contributed by atoms with Crippen molar-refractivity contribution >= 4 is 11.4 Å². The van der Waals surface area contributed by atoms with Crippen LogP contribution in [0.15, 0.2) is 67.4 Å². The fourth-order valence-electron chi connectivity index (χ4n) is 2.10. The van der Waals surface area contributed by atoms with Gasteiger partial charge in [-0.3, -0.25) is 4.79 Å². The highest BCUT2D eigenvalue weighted by molar-refractivity contribution is 6.05. The third-order valence-electron chi connectivity index (χ3n) is 3.14. The molecule has 0 aliphatic rings. The zero-order chi connectivity index (χ0) is 14.5. The molecule has 20 heavy (non-hydrogen) atoms. The molecule has 0 fully saturated rings. The maximum absolute atomic E-state index is 12.4. The minimum Gasteiger partial charge on any atom is -0.380 e. The molecule has 1 unspecified atom stereocenters. The Morgan fingerprint density at radius 2 is 1.95 bits per heavy atom. The van der Waals surface area contributed by atoms with Crippen molar-refractivity contribution in [1.29, 1.82) is 0 Å². The predicted molar refractivity (Wildman–Crippen MR) is 80.4 cm³/mol. The summed E-state index contributed by atoms with van der Waals surface area (Å²) in [5.74, 6) is -0.325. The molecule has 0 aliphatic heterocycles. The number of hydrogen-bond acceptors (Lipinski definition) is 2. The van der Waals surface area contributed by atoms with Gasteiger partial charge in [-0.1, -0.05) is 49.1 Å². The van der Waals surface area contributed by atoms with Crippen molar-refractivity contribution in [3.63, 3.8) is 0 Å². The molecule has 0 saturated carbocycles. The van der Waals surface area contributed by atoms with Crippen LogP contribution in [0.2, 0.25) is 0 Å². The molecule has 0 saturated heterocycles. The molecule has 1 N–H and O–H groups in total. The number of benzene rings is 1. The van der Waals surface area contributed by atoms with Gasteiger partial charge in [-0.2, -0.15) is 0 Å². The van der Waals surface area contributed by atoms with Crippen molar-refractivity contribution in [2.45, 2.75) is 6.10 Å². The number of aliphatic hydroxyl groups is 1. The standard InChI is InChI=1S/C17H17NO2/c1-3-8-14(13-9-5-4-6-10-13)16(19)17(20)15-11-7-12-18(15)2/h3-12,16,19H,1H2,2H3/b14-8+. The van der Waals surface area contributed by atoms with Crippen molar-refractivity contribution < 1.29 is 9.90 Å². The van der Waals surface area contributed by atoms with E-state index in [1.807, 2.05) is 30.3 Å². The second kappa shape index (κ2) is 6.17. The first-order valence-corrected chi connectivity index (χ1v) is 6.36. The highest BCUT2D eigenvalue weighted by Gasteiger charge is 2.23. The molecule has 1 atom stereocenters. The third-order valence-corrected chi connectivity index (χ3v) is 3.14. The van der Waals surface area contributed by atoms with E-state index in [1.165, 1.54) is 0 Å². The van der Waals surface area contributed by atoms with E-state index in [-0.39, 0.29) is 5.78 Å². The van der Waals surface area contributed by atoms with E-state index in [0.29, 0.717) is 11.3 Å². The first-order valence-electron chi connectivity index (χ1n) is 6.36. The maximum atomic E-state index is 12.4. The Bertz CT molecular complexity index is 638. The van der Waals surface area contributed by atoms with Gasteiger partial charge in [0, 0.05) is 13.2 Å². The Hall–Kier alpha value is -2.39. The Morgan fingerprint density at radius 3 is 2.50 bits per heavy atom. The Kier molecular flexibility index (Phi) is 4.33. The number of Topliss-reactive ketones (excluding diaryl/α,β-unsaturated/α-hetero) is 1. The SMILES string of the molecule is C=C/C=C(\c1ccccc1)C(O)C(=O)c1cccn1C. The Labute approximate surface area is 118 Å². The molecule has 3 heteroatoms. The topological polar surface area (TPSA) is 42.2 Å². The number of nitrogens with zero attached hydrogens (tertiary/aromatic N) is 1. The minimum absolute atomic E-state index is 0.325. The molecule has 1 aromatic carbocycles. The number of ketones is 1. The highest BCUT2D eigenvalue weighted by atomic mass is 16.3. The fourth-order valence-corrected chi connectivity index (χ4v) is 2.10. The van der Waals surface area contributed by atoms with Gasteiger partial charge < -0.3 is 9.67 Å². The number of hydrogen-bond donors (Lipinski definition) is 1. The molecule has 2 aromatic rings. The second-order valence-corrected chi connectivity index (χ2v) is 4.49. The number of aromatic nitrogens is 1. The molecule has 0 bridgehead atoms. The summed E-state index contributed by atoms with van der Waals surface area (Å²) in [5.41, 5.74) is 1.83. The quantitative estimate of drug-likeness (QED) is 0.668. The average molecular weight is 267 g/mol. The van der Waals surface area contributed by atoms with Crippen molar-refractivity contribution in [3.05, 3.63) is 78.6 Å². The van der Waals surface area contributed by atoms with Crippen LogP contribution in [0.5, 0.6) is 0 Å². The van der Waals surface area contributed by atoms with Gasteiger partial charge in [-0.15, -0.1) is 0 Å². The summed E-state index contributed by atoms with van der Waals surface area (Å²) >= 11 is 0. The van der Waals surface area contributed by atoms with Gasteiger partial charge >= 0.3 is 0 Å². The molecule has 1 aromatic heterocycles.